The van der Waals surface area contributed by atoms with E-state index < -0.39 is 0 Å². The third-order valence-corrected chi connectivity index (χ3v) is 5.21. The minimum Gasteiger partial charge on any atom is -0.381 e. The van der Waals surface area contributed by atoms with Gasteiger partial charge in [-0.3, -0.25) is 4.99 Å². The highest BCUT2D eigenvalue weighted by Crippen LogP contribution is 2.16. The van der Waals surface area contributed by atoms with E-state index >= 15 is 0 Å². The van der Waals surface area contributed by atoms with Crippen molar-refractivity contribution in [3.8, 4) is 0 Å². The fraction of sp³-hybridized carbons (Fsp3) is 0.947. The average molecular weight is 482 g/mol. The number of aliphatic imine (C=N–C) groups is 1. The highest BCUT2D eigenvalue weighted by atomic mass is 127. The van der Waals surface area contributed by atoms with Gasteiger partial charge in [0.05, 0.1) is 6.10 Å². The van der Waals surface area contributed by atoms with Gasteiger partial charge in [-0.15, -0.1) is 24.0 Å². The van der Waals surface area contributed by atoms with Gasteiger partial charge in [0.25, 0.3) is 0 Å². The van der Waals surface area contributed by atoms with E-state index in [2.05, 4.69) is 27.4 Å². The molecule has 0 bridgehead atoms. The molecule has 2 aliphatic rings. The van der Waals surface area contributed by atoms with Crippen molar-refractivity contribution in [2.24, 2.45) is 4.99 Å². The minimum atomic E-state index is 0. The molecule has 2 aliphatic heterocycles. The Morgan fingerprint density at radius 1 is 1.12 bits per heavy atom. The highest BCUT2D eigenvalue weighted by Gasteiger charge is 2.17. The van der Waals surface area contributed by atoms with Crippen molar-refractivity contribution in [3.63, 3.8) is 0 Å². The van der Waals surface area contributed by atoms with Crippen molar-refractivity contribution in [1.29, 1.82) is 0 Å². The molecule has 7 heteroatoms. The quantitative estimate of drug-likeness (QED) is 0.229. The van der Waals surface area contributed by atoms with Gasteiger partial charge in [0.15, 0.2) is 5.96 Å². The lowest BCUT2D eigenvalue weighted by molar-refractivity contribution is -0.0320. The lowest BCUT2D eigenvalue weighted by atomic mass is 10.0. The first-order chi connectivity index (χ1) is 12.3. The molecule has 2 saturated heterocycles. The van der Waals surface area contributed by atoms with Crippen LogP contribution in [0.3, 0.4) is 0 Å². The van der Waals surface area contributed by atoms with Gasteiger partial charge in [-0.1, -0.05) is 6.42 Å². The largest absolute Gasteiger partial charge is 0.381 e. The number of rotatable bonds is 9. The predicted molar refractivity (Wildman–Crippen MR) is 119 cm³/mol. The Labute approximate surface area is 176 Å². The zero-order chi connectivity index (χ0) is 17.7. The summed E-state index contributed by atoms with van der Waals surface area (Å²) in [5, 5.41) is 6.79. The molecule has 154 valence electrons. The van der Waals surface area contributed by atoms with E-state index in [0.717, 1.165) is 70.6 Å². The van der Waals surface area contributed by atoms with Gasteiger partial charge in [-0.25, -0.2) is 0 Å². The summed E-state index contributed by atoms with van der Waals surface area (Å²) in [4.78, 5) is 6.92. The van der Waals surface area contributed by atoms with E-state index in [1.165, 1.54) is 32.4 Å². The number of halogens is 1. The fourth-order valence-electron chi connectivity index (χ4n) is 3.57. The van der Waals surface area contributed by atoms with Crippen molar-refractivity contribution in [2.75, 3.05) is 53.0 Å². The van der Waals surface area contributed by atoms with Gasteiger partial charge in [0.2, 0.25) is 0 Å². The molecule has 1 unspecified atom stereocenters. The Balaban J connectivity index is 0.00000338. The van der Waals surface area contributed by atoms with Crippen LogP contribution < -0.4 is 10.6 Å². The second-order valence-corrected chi connectivity index (χ2v) is 7.20. The summed E-state index contributed by atoms with van der Waals surface area (Å²) in [5.74, 6) is 0.901. The average Bonchev–Trinajstić information content (AvgIpc) is 2.65. The summed E-state index contributed by atoms with van der Waals surface area (Å²) in [7, 11) is 1.83. The SMILES string of the molecule is CN=C(NCCCOC1CCOCC1)NCCCN1CCCCC1C.I. The van der Waals surface area contributed by atoms with Crippen LogP contribution >= 0.6 is 24.0 Å². The fourth-order valence-corrected chi connectivity index (χ4v) is 3.57. The number of ether oxygens (including phenoxy) is 2. The molecular formula is C19H39IN4O2. The van der Waals surface area contributed by atoms with Crippen LogP contribution in [-0.4, -0.2) is 76.1 Å². The summed E-state index contributed by atoms with van der Waals surface area (Å²) in [6, 6.07) is 0.752. The van der Waals surface area contributed by atoms with Crippen molar-refractivity contribution >= 4 is 29.9 Å². The maximum Gasteiger partial charge on any atom is 0.190 e. The molecule has 2 fully saturated rings. The van der Waals surface area contributed by atoms with E-state index in [1.54, 1.807) is 0 Å². The van der Waals surface area contributed by atoms with E-state index in [0.29, 0.717) is 6.10 Å². The summed E-state index contributed by atoms with van der Waals surface area (Å²) >= 11 is 0. The van der Waals surface area contributed by atoms with Crippen molar-refractivity contribution in [2.45, 2.75) is 64.0 Å². The molecule has 0 radical (unpaired) electrons. The number of nitrogens with zero attached hydrogens (tertiary/aromatic N) is 2. The normalized spacial score (nSPS) is 22.7. The molecule has 2 rings (SSSR count). The Hall–Kier alpha value is -0.120. The predicted octanol–water partition coefficient (Wildman–Crippen LogP) is 2.62. The van der Waals surface area contributed by atoms with Crippen LogP contribution in [-0.2, 0) is 9.47 Å². The Kier molecular flexibility index (Phi) is 13.7. The van der Waals surface area contributed by atoms with Gasteiger partial charge < -0.3 is 25.0 Å². The Bertz CT molecular complexity index is 379. The van der Waals surface area contributed by atoms with Crippen LogP contribution in [0.2, 0.25) is 0 Å². The van der Waals surface area contributed by atoms with Crippen LogP contribution in [0.4, 0.5) is 0 Å². The first kappa shape index (κ1) is 23.9. The van der Waals surface area contributed by atoms with Crippen molar-refractivity contribution < 1.29 is 9.47 Å². The molecule has 0 aromatic rings. The zero-order valence-electron chi connectivity index (χ0n) is 16.7. The summed E-state index contributed by atoms with van der Waals surface area (Å²) in [6.45, 7) is 9.17. The number of nitrogens with one attached hydrogen (secondary N) is 2. The minimum absolute atomic E-state index is 0. The third kappa shape index (κ3) is 9.71. The molecule has 0 spiro atoms. The van der Waals surface area contributed by atoms with Gasteiger partial charge in [-0.05, 0) is 52.0 Å². The van der Waals surface area contributed by atoms with E-state index in [4.69, 9.17) is 9.47 Å². The molecule has 2 heterocycles. The molecule has 2 N–H and O–H groups in total. The van der Waals surface area contributed by atoms with Crippen LogP contribution in [0.25, 0.3) is 0 Å². The van der Waals surface area contributed by atoms with Crippen LogP contribution in [0.1, 0.15) is 51.9 Å². The maximum atomic E-state index is 5.89. The first-order valence-electron chi connectivity index (χ1n) is 10.2. The van der Waals surface area contributed by atoms with Gasteiger partial charge >= 0.3 is 0 Å². The third-order valence-electron chi connectivity index (χ3n) is 5.21. The molecule has 0 aromatic carbocycles. The highest BCUT2D eigenvalue weighted by molar-refractivity contribution is 14.0. The van der Waals surface area contributed by atoms with E-state index in [-0.39, 0.29) is 24.0 Å². The number of hydrogen-bond donors (Lipinski definition) is 2. The number of likely N-dealkylation sites (tertiary alicyclic amines) is 1. The number of hydrogen-bond acceptors (Lipinski definition) is 4. The van der Waals surface area contributed by atoms with E-state index in [1.807, 2.05) is 7.05 Å². The van der Waals surface area contributed by atoms with E-state index in [9.17, 15) is 0 Å². The zero-order valence-corrected chi connectivity index (χ0v) is 19.0. The smallest absolute Gasteiger partial charge is 0.190 e. The first-order valence-corrected chi connectivity index (χ1v) is 10.2. The van der Waals surface area contributed by atoms with Gasteiger partial charge in [0, 0.05) is 52.5 Å². The molecule has 1 atom stereocenters. The molecule has 6 nitrogen and oxygen atoms in total. The summed E-state index contributed by atoms with van der Waals surface area (Å²) in [5.41, 5.74) is 0. The van der Waals surface area contributed by atoms with Crippen LogP contribution in [0.5, 0.6) is 0 Å². The van der Waals surface area contributed by atoms with Crippen LogP contribution in [0.15, 0.2) is 4.99 Å². The molecular weight excluding hydrogens is 443 g/mol. The second-order valence-electron chi connectivity index (χ2n) is 7.20. The molecule has 26 heavy (non-hydrogen) atoms. The molecule has 0 aliphatic carbocycles. The second kappa shape index (κ2) is 14.9. The van der Waals surface area contributed by atoms with Crippen molar-refractivity contribution in [3.05, 3.63) is 0 Å². The van der Waals surface area contributed by atoms with Gasteiger partial charge in [0.1, 0.15) is 0 Å². The molecule has 0 amide bonds. The van der Waals surface area contributed by atoms with Crippen LogP contribution in [0, 0.1) is 0 Å². The monoisotopic (exact) mass is 482 g/mol. The maximum absolute atomic E-state index is 5.89. The lowest BCUT2D eigenvalue weighted by Gasteiger charge is -2.33. The number of guanidine groups is 1. The summed E-state index contributed by atoms with van der Waals surface area (Å²) in [6.07, 6.45) is 8.73. The topological polar surface area (TPSA) is 58.1 Å². The van der Waals surface area contributed by atoms with Gasteiger partial charge in [-0.2, -0.15) is 0 Å². The lowest BCUT2D eigenvalue weighted by Crippen LogP contribution is -2.41. The Morgan fingerprint density at radius 2 is 1.85 bits per heavy atom. The molecule has 0 saturated carbocycles. The Morgan fingerprint density at radius 3 is 2.54 bits per heavy atom. The molecule has 0 aromatic heterocycles. The van der Waals surface area contributed by atoms with Crippen molar-refractivity contribution in [1.82, 2.24) is 15.5 Å². The number of piperidine rings is 1. The standard InChI is InChI=1S/C19H38N4O2.HI/c1-17-7-3-4-12-23(17)13-5-10-21-19(20-2)22-11-6-14-25-18-8-15-24-16-9-18;/h17-18H,3-16H2,1-2H3,(H2,20,21,22);1H. The summed E-state index contributed by atoms with van der Waals surface area (Å²) < 4.78 is 11.2.